The molecule has 0 aromatic carbocycles. The molecule has 0 amide bonds. The van der Waals surface area contributed by atoms with Crippen molar-refractivity contribution in [3.63, 3.8) is 0 Å². The molecule has 1 rings (SSSR count). The van der Waals surface area contributed by atoms with Gasteiger partial charge in [-0.15, -0.1) is 0 Å². The standard InChI is InChI=1S/C11H21NO5/c1-15-2-3-16-4-5-17-10-6-9(11(13)14)7-12-8-10/h9-10,12H,2-8H2,1H3,(H,13,14). The molecule has 2 unspecified atom stereocenters. The fourth-order valence-corrected chi connectivity index (χ4v) is 1.74. The van der Waals surface area contributed by atoms with Crippen LogP contribution in [0.25, 0.3) is 0 Å². The summed E-state index contributed by atoms with van der Waals surface area (Å²) < 4.78 is 15.6. The molecule has 2 N–H and O–H groups in total. The SMILES string of the molecule is COCCOCCOC1CNCC(C(=O)O)C1. The van der Waals surface area contributed by atoms with Gasteiger partial charge in [-0.1, -0.05) is 0 Å². The van der Waals surface area contributed by atoms with E-state index in [9.17, 15) is 4.79 Å². The second-order valence-electron chi connectivity index (χ2n) is 4.03. The maximum absolute atomic E-state index is 10.8. The summed E-state index contributed by atoms with van der Waals surface area (Å²) in [5.41, 5.74) is 0. The Morgan fingerprint density at radius 3 is 2.76 bits per heavy atom. The molecule has 0 aliphatic carbocycles. The van der Waals surface area contributed by atoms with Crippen LogP contribution in [0.4, 0.5) is 0 Å². The molecule has 0 aromatic rings. The number of piperidine rings is 1. The highest BCUT2D eigenvalue weighted by atomic mass is 16.5. The summed E-state index contributed by atoms with van der Waals surface area (Å²) in [6.07, 6.45) is 0.538. The van der Waals surface area contributed by atoms with Crippen LogP contribution in [0.1, 0.15) is 6.42 Å². The largest absolute Gasteiger partial charge is 0.481 e. The molecule has 1 heterocycles. The fourth-order valence-electron chi connectivity index (χ4n) is 1.74. The van der Waals surface area contributed by atoms with Crippen LogP contribution in [0.5, 0.6) is 0 Å². The predicted molar refractivity (Wildman–Crippen MR) is 61.0 cm³/mol. The molecule has 6 heteroatoms. The van der Waals surface area contributed by atoms with Crippen molar-refractivity contribution < 1.29 is 24.1 Å². The third-order valence-corrected chi connectivity index (χ3v) is 2.67. The van der Waals surface area contributed by atoms with Gasteiger partial charge in [-0.25, -0.2) is 0 Å². The van der Waals surface area contributed by atoms with E-state index in [-0.39, 0.29) is 12.0 Å². The number of carboxylic acids is 1. The Balaban J connectivity index is 2.04. The normalized spacial score (nSPS) is 24.8. The number of hydrogen-bond donors (Lipinski definition) is 2. The highest BCUT2D eigenvalue weighted by Gasteiger charge is 2.26. The first-order valence-electron chi connectivity index (χ1n) is 5.86. The van der Waals surface area contributed by atoms with Gasteiger partial charge in [-0.3, -0.25) is 4.79 Å². The summed E-state index contributed by atoms with van der Waals surface area (Å²) in [6.45, 7) is 3.37. The van der Waals surface area contributed by atoms with Crippen molar-refractivity contribution in [3.8, 4) is 0 Å². The minimum atomic E-state index is -0.762. The van der Waals surface area contributed by atoms with Gasteiger partial charge in [0.2, 0.25) is 0 Å². The van der Waals surface area contributed by atoms with Gasteiger partial charge >= 0.3 is 5.97 Å². The average molecular weight is 247 g/mol. The Labute approximate surface area is 101 Å². The third kappa shape index (κ3) is 5.97. The van der Waals surface area contributed by atoms with E-state index in [4.69, 9.17) is 19.3 Å². The lowest BCUT2D eigenvalue weighted by molar-refractivity contribution is -0.144. The molecule has 0 spiro atoms. The number of nitrogens with one attached hydrogen (secondary N) is 1. The van der Waals surface area contributed by atoms with Crippen molar-refractivity contribution >= 4 is 5.97 Å². The Kier molecular flexibility index (Phi) is 7.11. The number of ether oxygens (including phenoxy) is 3. The van der Waals surface area contributed by atoms with Crippen molar-refractivity contribution in [2.24, 2.45) is 5.92 Å². The van der Waals surface area contributed by atoms with E-state index in [1.54, 1.807) is 7.11 Å². The van der Waals surface area contributed by atoms with E-state index >= 15 is 0 Å². The van der Waals surface area contributed by atoms with Crippen molar-refractivity contribution in [3.05, 3.63) is 0 Å². The van der Waals surface area contributed by atoms with Crippen molar-refractivity contribution in [1.29, 1.82) is 0 Å². The second kappa shape index (κ2) is 8.41. The van der Waals surface area contributed by atoms with Gasteiger partial charge in [0.25, 0.3) is 0 Å². The molecule has 1 aliphatic heterocycles. The first-order chi connectivity index (χ1) is 8.24. The Hall–Kier alpha value is -0.690. The molecule has 17 heavy (non-hydrogen) atoms. The van der Waals surface area contributed by atoms with Crippen LogP contribution in [0.15, 0.2) is 0 Å². The molecular formula is C11H21NO5. The maximum atomic E-state index is 10.8. The summed E-state index contributed by atoms with van der Waals surface area (Å²) in [5, 5.41) is 12.0. The van der Waals surface area contributed by atoms with E-state index in [0.29, 0.717) is 45.9 Å². The second-order valence-corrected chi connectivity index (χ2v) is 4.03. The smallest absolute Gasteiger partial charge is 0.307 e. The summed E-state index contributed by atoms with van der Waals surface area (Å²) >= 11 is 0. The number of rotatable bonds is 8. The molecule has 0 saturated carbocycles. The summed E-state index contributed by atoms with van der Waals surface area (Å²) in [6, 6.07) is 0. The number of methoxy groups -OCH3 is 1. The van der Waals surface area contributed by atoms with E-state index in [1.807, 2.05) is 0 Å². The monoisotopic (exact) mass is 247 g/mol. The molecule has 2 atom stereocenters. The zero-order valence-corrected chi connectivity index (χ0v) is 10.2. The minimum Gasteiger partial charge on any atom is -0.481 e. The molecule has 0 aromatic heterocycles. The van der Waals surface area contributed by atoms with Crippen LogP contribution in [-0.2, 0) is 19.0 Å². The first kappa shape index (κ1) is 14.4. The van der Waals surface area contributed by atoms with Crippen molar-refractivity contribution in [2.75, 3.05) is 46.6 Å². The first-order valence-corrected chi connectivity index (χ1v) is 5.86. The molecule has 1 saturated heterocycles. The topological polar surface area (TPSA) is 77.0 Å². The van der Waals surface area contributed by atoms with E-state index in [0.717, 1.165) is 0 Å². The molecule has 6 nitrogen and oxygen atoms in total. The van der Waals surface area contributed by atoms with Crippen LogP contribution in [-0.4, -0.2) is 63.8 Å². The third-order valence-electron chi connectivity index (χ3n) is 2.67. The zero-order chi connectivity index (χ0) is 12.5. The Morgan fingerprint density at radius 2 is 2.06 bits per heavy atom. The van der Waals surface area contributed by atoms with E-state index in [1.165, 1.54) is 0 Å². The number of carbonyl (C=O) groups is 1. The lowest BCUT2D eigenvalue weighted by Crippen LogP contribution is -2.43. The summed E-state index contributed by atoms with van der Waals surface area (Å²) in [4.78, 5) is 10.8. The van der Waals surface area contributed by atoms with E-state index < -0.39 is 5.97 Å². The minimum absolute atomic E-state index is 0.0316. The van der Waals surface area contributed by atoms with Gasteiger partial charge < -0.3 is 24.6 Å². The highest BCUT2D eigenvalue weighted by molar-refractivity contribution is 5.70. The quantitative estimate of drug-likeness (QED) is 0.575. The van der Waals surface area contributed by atoms with Crippen LogP contribution >= 0.6 is 0 Å². The molecule has 0 bridgehead atoms. The van der Waals surface area contributed by atoms with Crippen LogP contribution < -0.4 is 5.32 Å². The maximum Gasteiger partial charge on any atom is 0.307 e. The van der Waals surface area contributed by atoms with Crippen LogP contribution in [0.3, 0.4) is 0 Å². The summed E-state index contributed by atoms with van der Waals surface area (Å²) in [5.74, 6) is -1.11. The molecule has 0 radical (unpaired) electrons. The Bertz CT molecular complexity index is 224. The molecule has 1 aliphatic rings. The average Bonchev–Trinajstić information content (AvgIpc) is 2.34. The molecule has 100 valence electrons. The summed E-state index contributed by atoms with van der Waals surface area (Å²) in [7, 11) is 1.62. The number of carboxylic acid groups (broad SMARTS) is 1. The van der Waals surface area contributed by atoms with Crippen molar-refractivity contribution in [1.82, 2.24) is 5.32 Å². The van der Waals surface area contributed by atoms with Crippen LogP contribution in [0.2, 0.25) is 0 Å². The van der Waals surface area contributed by atoms with Gasteiger partial charge in [0.1, 0.15) is 0 Å². The number of hydrogen-bond acceptors (Lipinski definition) is 5. The lowest BCUT2D eigenvalue weighted by atomic mass is 9.98. The zero-order valence-electron chi connectivity index (χ0n) is 10.2. The van der Waals surface area contributed by atoms with Gasteiger partial charge in [0, 0.05) is 20.2 Å². The molecular weight excluding hydrogens is 226 g/mol. The van der Waals surface area contributed by atoms with Crippen LogP contribution in [0, 0.1) is 5.92 Å². The lowest BCUT2D eigenvalue weighted by Gasteiger charge is -2.27. The number of aliphatic carboxylic acids is 1. The Morgan fingerprint density at radius 1 is 1.29 bits per heavy atom. The van der Waals surface area contributed by atoms with Gasteiger partial charge in [-0.2, -0.15) is 0 Å². The van der Waals surface area contributed by atoms with Gasteiger partial charge in [0.05, 0.1) is 38.4 Å². The predicted octanol–water partition coefficient (Wildman–Crippen LogP) is -0.271. The van der Waals surface area contributed by atoms with Crippen molar-refractivity contribution in [2.45, 2.75) is 12.5 Å². The highest BCUT2D eigenvalue weighted by Crippen LogP contribution is 2.13. The van der Waals surface area contributed by atoms with Gasteiger partial charge in [0.15, 0.2) is 0 Å². The van der Waals surface area contributed by atoms with E-state index in [2.05, 4.69) is 5.32 Å². The van der Waals surface area contributed by atoms with Gasteiger partial charge in [-0.05, 0) is 6.42 Å². The fraction of sp³-hybridized carbons (Fsp3) is 0.909. The molecule has 1 fully saturated rings.